The molecule has 0 unspecified atom stereocenters. The van der Waals surface area contributed by atoms with Gasteiger partial charge in [-0.3, -0.25) is 0 Å². The monoisotopic (exact) mass is 542 g/mol. The van der Waals surface area contributed by atoms with Crippen LogP contribution in [-0.4, -0.2) is 61.8 Å². The van der Waals surface area contributed by atoms with Gasteiger partial charge in [0.25, 0.3) is 0 Å². The number of rotatable bonds is 10. The molecule has 0 spiro atoms. The molecule has 0 aliphatic carbocycles. The van der Waals surface area contributed by atoms with Crippen LogP contribution >= 0.6 is 0 Å². The van der Waals surface area contributed by atoms with E-state index in [1.165, 1.54) is 74.0 Å². The first kappa shape index (κ1) is 31.2. The van der Waals surface area contributed by atoms with E-state index < -0.39 is 0 Å². The highest BCUT2D eigenvalue weighted by molar-refractivity contribution is 4.37. The SMILES string of the molecule is CCC[N+](C)(CCC)CCC.CC[N+](CC)(CC)CC.[I-].[I-]. The lowest BCUT2D eigenvalue weighted by atomic mass is 10.2. The third-order valence-corrected chi connectivity index (χ3v) is 4.97. The molecule has 0 heterocycles. The van der Waals surface area contributed by atoms with Gasteiger partial charge in [0.1, 0.15) is 0 Å². The molecular formula is C18H44I2N2. The van der Waals surface area contributed by atoms with Gasteiger partial charge in [-0.2, -0.15) is 0 Å². The third-order valence-electron chi connectivity index (χ3n) is 4.97. The van der Waals surface area contributed by atoms with Crippen molar-refractivity contribution in [2.75, 3.05) is 52.9 Å². The maximum absolute atomic E-state index is 2.39. The predicted octanol–water partition coefficient (Wildman–Crippen LogP) is -1.45. The predicted molar refractivity (Wildman–Crippen MR) is 94.1 cm³/mol. The van der Waals surface area contributed by atoms with Gasteiger partial charge in [-0.1, -0.05) is 20.8 Å². The second kappa shape index (κ2) is 18.7. The molecule has 0 bridgehead atoms. The minimum Gasteiger partial charge on any atom is -1.00 e. The van der Waals surface area contributed by atoms with Gasteiger partial charge in [0, 0.05) is 0 Å². The normalized spacial score (nSPS) is 10.9. The lowest BCUT2D eigenvalue weighted by Gasteiger charge is -2.34. The van der Waals surface area contributed by atoms with E-state index in [0.717, 1.165) is 0 Å². The minimum absolute atomic E-state index is 0. The van der Waals surface area contributed by atoms with Crippen LogP contribution < -0.4 is 48.0 Å². The Bertz CT molecular complexity index is 173. The van der Waals surface area contributed by atoms with Crippen LogP contribution in [0.5, 0.6) is 0 Å². The Balaban J connectivity index is -0.000000137. The van der Waals surface area contributed by atoms with Crippen molar-refractivity contribution in [3.63, 3.8) is 0 Å². The Kier molecular flexibility index (Phi) is 26.5. The molecule has 0 saturated heterocycles. The average molecular weight is 542 g/mol. The number of hydrogen-bond donors (Lipinski definition) is 0. The van der Waals surface area contributed by atoms with Crippen molar-refractivity contribution < 1.29 is 56.9 Å². The molecule has 0 aromatic carbocycles. The molecule has 0 saturated carbocycles. The van der Waals surface area contributed by atoms with Gasteiger partial charge in [-0.25, -0.2) is 0 Å². The summed E-state index contributed by atoms with van der Waals surface area (Å²) >= 11 is 0. The molecule has 0 amide bonds. The van der Waals surface area contributed by atoms with Crippen LogP contribution in [-0.2, 0) is 0 Å². The van der Waals surface area contributed by atoms with E-state index in [0.29, 0.717) is 0 Å². The summed E-state index contributed by atoms with van der Waals surface area (Å²) < 4.78 is 2.56. The molecule has 140 valence electrons. The number of hydrogen-bond acceptors (Lipinski definition) is 0. The highest BCUT2D eigenvalue weighted by atomic mass is 127. The van der Waals surface area contributed by atoms with Crippen LogP contribution in [0.2, 0.25) is 0 Å². The maximum atomic E-state index is 2.39. The molecular weight excluding hydrogens is 498 g/mol. The summed E-state index contributed by atoms with van der Waals surface area (Å²) in [6.45, 7) is 25.1. The number of halogens is 2. The van der Waals surface area contributed by atoms with Gasteiger partial charge < -0.3 is 56.9 Å². The maximum Gasteiger partial charge on any atom is 0.0781 e. The van der Waals surface area contributed by atoms with E-state index in [1.54, 1.807) is 0 Å². The lowest BCUT2D eigenvalue weighted by Crippen LogP contribution is -3.00. The molecule has 0 fully saturated rings. The summed E-state index contributed by atoms with van der Waals surface area (Å²) in [5.41, 5.74) is 0. The zero-order valence-corrected chi connectivity index (χ0v) is 21.0. The van der Waals surface area contributed by atoms with Crippen LogP contribution in [0.1, 0.15) is 67.7 Å². The van der Waals surface area contributed by atoms with Crippen molar-refractivity contribution in [1.82, 2.24) is 0 Å². The van der Waals surface area contributed by atoms with E-state index in [1.807, 2.05) is 0 Å². The summed E-state index contributed by atoms with van der Waals surface area (Å²) in [6, 6.07) is 0. The second-order valence-electron chi connectivity index (χ2n) is 6.40. The summed E-state index contributed by atoms with van der Waals surface area (Å²) in [5, 5.41) is 0. The molecule has 22 heavy (non-hydrogen) atoms. The first-order valence-electron chi connectivity index (χ1n) is 9.11. The zero-order valence-electron chi connectivity index (χ0n) is 16.7. The van der Waals surface area contributed by atoms with E-state index >= 15 is 0 Å². The Morgan fingerprint density at radius 2 is 0.727 bits per heavy atom. The molecule has 0 atom stereocenters. The van der Waals surface area contributed by atoms with E-state index in [4.69, 9.17) is 0 Å². The van der Waals surface area contributed by atoms with Crippen molar-refractivity contribution in [2.45, 2.75) is 67.7 Å². The lowest BCUT2D eigenvalue weighted by molar-refractivity contribution is -0.921. The van der Waals surface area contributed by atoms with E-state index in [9.17, 15) is 0 Å². The van der Waals surface area contributed by atoms with Crippen molar-refractivity contribution >= 4 is 0 Å². The molecule has 0 radical (unpaired) electrons. The van der Waals surface area contributed by atoms with E-state index in [2.05, 4.69) is 55.5 Å². The third kappa shape index (κ3) is 13.8. The Morgan fingerprint density at radius 1 is 0.500 bits per heavy atom. The Morgan fingerprint density at radius 3 is 0.818 bits per heavy atom. The standard InChI is InChI=1S/C10H24N.C8H20N.2HI/c1-5-8-11(4,9-6-2)10-7-3;1-5-9(6-2,7-3)8-4;;/h5-10H2,1-4H3;5-8H2,1-4H3;2*1H/q2*+1;;/p-2. The summed E-state index contributed by atoms with van der Waals surface area (Å²) in [7, 11) is 2.39. The summed E-state index contributed by atoms with van der Waals surface area (Å²) in [5.74, 6) is 0. The molecule has 0 aromatic rings. The molecule has 0 aromatic heterocycles. The summed E-state index contributed by atoms with van der Waals surface area (Å²) in [4.78, 5) is 0. The molecule has 2 nitrogen and oxygen atoms in total. The summed E-state index contributed by atoms with van der Waals surface area (Å²) in [6.07, 6.45) is 3.95. The highest BCUT2D eigenvalue weighted by Gasteiger charge is 2.17. The first-order valence-corrected chi connectivity index (χ1v) is 9.11. The molecule has 0 rings (SSSR count). The van der Waals surface area contributed by atoms with Crippen molar-refractivity contribution in [3.8, 4) is 0 Å². The first-order chi connectivity index (χ1) is 9.42. The quantitative estimate of drug-likeness (QED) is 0.235. The number of quaternary nitrogens is 2. The minimum atomic E-state index is 0. The zero-order chi connectivity index (χ0) is 16.1. The highest BCUT2D eigenvalue weighted by Crippen LogP contribution is 2.06. The largest absolute Gasteiger partial charge is 1.00 e. The molecule has 0 aliphatic heterocycles. The van der Waals surface area contributed by atoms with Gasteiger partial charge >= 0.3 is 0 Å². The topological polar surface area (TPSA) is 0 Å². The molecule has 0 aliphatic rings. The van der Waals surface area contributed by atoms with Gasteiger partial charge in [0.15, 0.2) is 0 Å². The van der Waals surface area contributed by atoms with Gasteiger partial charge in [-0.15, -0.1) is 0 Å². The fourth-order valence-electron chi connectivity index (χ4n) is 3.30. The van der Waals surface area contributed by atoms with Crippen LogP contribution in [0.4, 0.5) is 0 Å². The molecule has 4 heteroatoms. The van der Waals surface area contributed by atoms with Crippen LogP contribution in [0, 0.1) is 0 Å². The Hall–Kier alpha value is 1.38. The van der Waals surface area contributed by atoms with Crippen molar-refractivity contribution in [2.24, 2.45) is 0 Å². The second-order valence-corrected chi connectivity index (χ2v) is 6.40. The van der Waals surface area contributed by atoms with E-state index in [-0.39, 0.29) is 48.0 Å². The molecule has 0 N–H and O–H groups in total. The fraction of sp³-hybridized carbons (Fsp3) is 1.00. The fourth-order valence-corrected chi connectivity index (χ4v) is 3.30. The smallest absolute Gasteiger partial charge is 0.0781 e. The van der Waals surface area contributed by atoms with Crippen LogP contribution in [0.15, 0.2) is 0 Å². The van der Waals surface area contributed by atoms with Gasteiger partial charge in [-0.05, 0) is 47.0 Å². The van der Waals surface area contributed by atoms with Crippen molar-refractivity contribution in [1.29, 1.82) is 0 Å². The Labute approximate surface area is 176 Å². The number of nitrogens with zero attached hydrogens (tertiary/aromatic N) is 2. The van der Waals surface area contributed by atoms with Crippen molar-refractivity contribution in [3.05, 3.63) is 0 Å². The van der Waals surface area contributed by atoms with Crippen LogP contribution in [0.3, 0.4) is 0 Å². The van der Waals surface area contributed by atoms with Gasteiger partial charge in [0.2, 0.25) is 0 Å². The van der Waals surface area contributed by atoms with Crippen LogP contribution in [0.25, 0.3) is 0 Å². The average Bonchev–Trinajstić information content (AvgIpc) is 2.43. The van der Waals surface area contributed by atoms with Gasteiger partial charge in [0.05, 0.1) is 52.9 Å².